The fourth-order valence-electron chi connectivity index (χ4n) is 5.78. The van der Waals surface area contributed by atoms with Crippen molar-refractivity contribution < 1.29 is 48.9 Å². The predicted molar refractivity (Wildman–Crippen MR) is 169 cm³/mol. The summed E-state index contributed by atoms with van der Waals surface area (Å²) in [7, 11) is 0. The Balaban J connectivity index is 1.66. The number of carboxylic acids is 2. The summed E-state index contributed by atoms with van der Waals surface area (Å²) in [4.78, 5) is 100. The molecular weight excluding hydrogens is 648 g/mol. The van der Waals surface area contributed by atoms with Crippen LogP contribution in [-0.4, -0.2) is 132 Å². The van der Waals surface area contributed by atoms with Gasteiger partial charge in [0.1, 0.15) is 30.4 Å². The Morgan fingerprint density at radius 1 is 1.16 bits per heavy atom. The highest BCUT2D eigenvalue weighted by atomic mass is 16.4. The van der Waals surface area contributed by atoms with E-state index in [1.807, 2.05) is 0 Å². The number of hydrogen-bond acceptors (Lipinski definition) is 11. The molecule has 49 heavy (non-hydrogen) atoms. The van der Waals surface area contributed by atoms with E-state index in [9.17, 15) is 43.8 Å². The highest BCUT2D eigenvalue weighted by Gasteiger charge is 2.47. The first-order valence-corrected chi connectivity index (χ1v) is 15.9. The Morgan fingerprint density at radius 3 is 2.53 bits per heavy atom. The van der Waals surface area contributed by atoms with E-state index < -0.39 is 72.0 Å². The minimum atomic E-state index is -1.54. The molecule has 2 aliphatic rings. The lowest BCUT2D eigenvalue weighted by molar-refractivity contribution is -0.148. The van der Waals surface area contributed by atoms with Crippen molar-refractivity contribution in [1.29, 1.82) is 0 Å². The number of rotatable bonds is 17. The monoisotopic (exact) mass is 692 g/mol. The van der Waals surface area contributed by atoms with Crippen LogP contribution in [-0.2, 0) is 40.0 Å². The summed E-state index contributed by atoms with van der Waals surface area (Å²) < 4.78 is 0. The zero-order valence-corrected chi connectivity index (χ0v) is 27.0. The number of nitrogens with two attached hydrogens (primary N) is 2. The maximum Gasteiger partial charge on any atom is 0.326 e. The molecule has 3 heterocycles. The van der Waals surface area contributed by atoms with Crippen LogP contribution in [0.3, 0.4) is 0 Å². The summed E-state index contributed by atoms with van der Waals surface area (Å²) in [5, 5.41) is 36.7. The fourth-order valence-corrected chi connectivity index (χ4v) is 5.78. The number of nitrogens with zero attached hydrogens (tertiary/aromatic N) is 4. The second-order valence-corrected chi connectivity index (χ2v) is 11.9. The lowest BCUT2D eigenvalue weighted by atomic mass is 10.1. The smallest absolute Gasteiger partial charge is 0.326 e. The number of guanidine groups is 1. The zero-order valence-electron chi connectivity index (χ0n) is 27.0. The fraction of sp³-hybridized carbons (Fsp3) is 0.621. The summed E-state index contributed by atoms with van der Waals surface area (Å²) in [6.45, 7) is 1.75. The number of amides is 5. The van der Waals surface area contributed by atoms with Gasteiger partial charge in [-0.15, -0.1) is 0 Å². The van der Waals surface area contributed by atoms with Crippen molar-refractivity contribution in [3.8, 4) is 0 Å². The first-order chi connectivity index (χ1) is 23.2. The number of aromatic amines is 1. The molecule has 270 valence electrons. The minimum Gasteiger partial charge on any atom is -0.481 e. The van der Waals surface area contributed by atoms with Crippen molar-refractivity contribution in [2.45, 2.75) is 101 Å². The third-order valence-electron chi connectivity index (χ3n) is 8.16. The van der Waals surface area contributed by atoms with Gasteiger partial charge in [0.15, 0.2) is 5.96 Å². The highest BCUT2D eigenvalue weighted by molar-refractivity contribution is 5.97. The number of aliphatic hydroxyl groups is 1. The van der Waals surface area contributed by atoms with E-state index in [0.717, 1.165) is 4.90 Å². The molecule has 0 radical (unpaired) electrons. The number of imidazole rings is 1. The van der Waals surface area contributed by atoms with E-state index in [1.54, 1.807) is 0 Å². The number of aliphatic carboxylic acids is 2. The Kier molecular flexibility index (Phi) is 14.0. The first kappa shape index (κ1) is 38.3. The number of nitrogens with one attached hydrogen (secondary N) is 4. The van der Waals surface area contributed by atoms with Gasteiger partial charge in [-0.3, -0.25) is 39.1 Å². The summed E-state index contributed by atoms with van der Waals surface area (Å²) in [5.74, 6) is -5.80. The molecule has 1 aromatic heterocycles. The van der Waals surface area contributed by atoms with Crippen molar-refractivity contribution in [1.82, 2.24) is 35.7 Å². The molecule has 6 atom stereocenters. The van der Waals surface area contributed by atoms with Crippen LogP contribution in [0, 0.1) is 0 Å². The normalized spacial score (nSPS) is 21.2. The molecular formula is C29H44N10O10. The van der Waals surface area contributed by atoms with Crippen LogP contribution in [0.2, 0.25) is 0 Å². The molecule has 0 spiro atoms. The number of carbonyl (C=O) groups is 7. The number of aromatic nitrogens is 2. The van der Waals surface area contributed by atoms with Gasteiger partial charge in [0, 0.05) is 51.2 Å². The third kappa shape index (κ3) is 11.0. The van der Waals surface area contributed by atoms with E-state index in [1.165, 1.54) is 24.3 Å². The highest BCUT2D eigenvalue weighted by Crippen LogP contribution is 2.25. The minimum absolute atomic E-state index is 0.0353. The average molecular weight is 693 g/mol. The van der Waals surface area contributed by atoms with Crippen LogP contribution >= 0.6 is 0 Å². The van der Waals surface area contributed by atoms with Gasteiger partial charge >= 0.3 is 11.9 Å². The SMILES string of the molecule is CC(=O)NC(N)=NCCC[C@H](N)C(=O)N1CCC[C@@H]1C(=O)N[C@H]1CC(O)N([C@@H](Cc2cnc[nH]2)C(=O)N[C@@H](CCCC(=O)O)C(=O)O)C1=O. The number of hydrogen-bond donors (Lipinski definition) is 9. The van der Waals surface area contributed by atoms with Gasteiger partial charge in [-0.05, 0) is 38.5 Å². The molecule has 3 rings (SSSR count). The van der Waals surface area contributed by atoms with Gasteiger partial charge in [-0.2, -0.15) is 0 Å². The van der Waals surface area contributed by atoms with E-state index in [4.69, 9.17) is 16.6 Å². The number of likely N-dealkylation sites (tertiary alicyclic amines) is 2. The van der Waals surface area contributed by atoms with E-state index in [2.05, 4.69) is 30.9 Å². The van der Waals surface area contributed by atoms with Gasteiger partial charge in [-0.25, -0.2) is 9.78 Å². The van der Waals surface area contributed by atoms with Crippen LogP contribution in [0.15, 0.2) is 17.5 Å². The maximum absolute atomic E-state index is 13.6. The number of carbonyl (C=O) groups excluding carboxylic acids is 5. The molecule has 20 nitrogen and oxygen atoms in total. The molecule has 20 heteroatoms. The van der Waals surface area contributed by atoms with Crippen LogP contribution in [0.5, 0.6) is 0 Å². The lowest BCUT2D eigenvalue weighted by Gasteiger charge is -2.31. The van der Waals surface area contributed by atoms with Crippen LogP contribution in [0.25, 0.3) is 0 Å². The number of aliphatic imine (C=N–C) groups is 1. The summed E-state index contributed by atoms with van der Waals surface area (Å²) in [5.41, 5.74) is 12.1. The Bertz CT molecular complexity index is 1400. The standard InChI is InChI=1S/C29H44N10O10/c1-15(40)35-29(31)33-9-3-5-17(30)26(46)38-10-4-7-20(38)24(44)37-19-12-22(41)39(27(19)47)21(11-16-13-32-14-34-16)25(45)36-18(28(48)49)6-2-8-23(42)43/h13-14,17-22,41H,2-12,30H2,1H3,(H,32,34)(H,36,45)(H,37,44)(H,42,43)(H,48,49)(H3,31,33,35,40)/t17-,18-,19-,20+,21-,22?/m0/s1. The van der Waals surface area contributed by atoms with Crippen LogP contribution in [0.4, 0.5) is 0 Å². The molecule has 0 aliphatic carbocycles. The number of carboxylic acid groups (broad SMARTS) is 2. The van der Waals surface area contributed by atoms with Gasteiger partial charge in [-0.1, -0.05) is 0 Å². The molecule has 1 unspecified atom stereocenters. The second kappa shape index (κ2) is 17.9. The average Bonchev–Trinajstić information content (AvgIpc) is 3.78. The number of aliphatic hydroxyl groups excluding tert-OH is 1. The van der Waals surface area contributed by atoms with Crippen molar-refractivity contribution >= 4 is 47.4 Å². The lowest BCUT2D eigenvalue weighted by Crippen LogP contribution is -2.57. The van der Waals surface area contributed by atoms with Gasteiger partial charge in [0.05, 0.1) is 12.4 Å². The van der Waals surface area contributed by atoms with Gasteiger partial charge in [0.25, 0.3) is 0 Å². The van der Waals surface area contributed by atoms with Crippen LogP contribution in [0.1, 0.15) is 64.0 Å². The predicted octanol–water partition coefficient (Wildman–Crippen LogP) is -3.27. The molecule has 2 fully saturated rings. The van der Waals surface area contributed by atoms with E-state index in [0.29, 0.717) is 25.0 Å². The van der Waals surface area contributed by atoms with Crippen molar-refractivity contribution in [2.24, 2.45) is 16.5 Å². The second-order valence-electron chi connectivity index (χ2n) is 11.9. The molecule has 5 amide bonds. The van der Waals surface area contributed by atoms with Crippen LogP contribution < -0.4 is 27.4 Å². The first-order valence-electron chi connectivity index (χ1n) is 15.9. The molecule has 2 saturated heterocycles. The quantitative estimate of drug-likeness (QED) is 0.0440. The molecule has 1 aromatic rings. The summed E-state index contributed by atoms with van der Waals surface area (Å²) in [6.07, 6.45) is 1.57. The topological polar surface area (TPSA) is 316 Å². The Labute approximate surface area is 281 Å². The Hall–Kier alpha value is -5.11. The Morgan fingerprint density at radius 2 is 1.90 bits per heavy atom. The molecule has 0 saturated carbocycles. The molecule has 0 bridgehead atoms. The van der Waals surface area contributed by atoms with E-state index >= 15 is 0 Å². The van der Waals surface area contributed by atoms with Crippen molar-refractivity contribution in [3.05, 3.63) is 18.2 Å². The maximum atomic E-state index is 13.6. The number of H-pyrrole nitrogens is 1. The van der Waals surface area contributed by atoms with Gasteiger partial charge < -0.3 is 52.2 Å². The third-order valence-corrected chi connectivity index (χ3v) is 8.16. The molecule has 0 aromatic carbocycles. The molecule has 2 aliphatic heterocycles. The largest absolute Gasteiger partial charge is 0.481 e. The van der Waals surface area contributed by atoms with Gasteiger partial charge in [0.2, 0.25) is 29.5 Å². The summed E-state index contributed by atoms with van der Waals surface area (Å²) in [6, 6.07) is -6.03. The zero-order chi connectivity index (χ0) is 36.2. The van der Waals surface area contributed by atoms with Crippen molar-refractivity contribution in [2.75, 3.05) is 13.1 Å². The molecule has 11 N–H and O–H groups in total. The van der Waals surface area contributed by atoms with E-state index in [-0.39, 0.29) is 63.5 Å². The van der Waals surface area contributed by atoms with Crippen molar-refractivity contribution in [3.63, 3.8) is 0 Å². The summed E-state index contributed by atoms with van der Waals surface area (Å²) >= 11 is 0.